The first kappa shape index (κ1) is 27.3. The first-order valence-electron chi connectivity index (χ1n) is 14.4. The third-order valence-corrected chi connectivity index (χ3v) is 7.94. The second kappa shape index (κ2) is 10.3. The van der Waals surface area contributed by atoms with E-state index in [-0.39, 0.29) is 16.5 Å². The van der Waals surface area contributed by atoms with Crippen molar-refractivity contribution in [1.82, 2.24) is 14.1 Å². The van der Waals surface area contributed by atoms with Gasteiger partial charge in [-0.1, -0.05) is 75.4 Å². The molecule has 0 radical (unpaired) electrons. The average molecular weight is 579 g/mol. The number of pyridine rings is 1. The van der Waals surface area contributed by atoms with E-state index in [2.05, 4.69) is 62.0 Å². The molecule has 0 fully saturated rings. The molecule has 0 unspecified atom stereocenters. The van der Waals surface area contributed by atoms with E-state index >= 15 is 0 Å². The molecule has 0 aliphatic carbocycles. The van der Waals surface area contributed by atoms with Crippen molar-refractivity contribution in [3.05, 3.63) is 142 Å². The Labute approximate surface area is 253 Å². The number of fused-ring (bicyclic) bond motifs is 4. The van der Waals surface area contributed by atoms with Crippen LogP contribution in [0.15, 0.2) is 119 Å². The van der Waals surface area contributed by atoms with Crippen LogP contribution in [0.25, 0.3) is 44.1 Å². The summed E-state index contributed by atoms with van der Waals surface area (Å²) < 4.78 is 11.2. The third-order valence-electron chi connectivity index (χ3n) is 7.94. The van der Waals surface area contributed by atoms with Crippen molar-refractivity contribution < 1.29 is 9.30 Å². The van der Waals surface area contributed by atoms with Crippen molar-refractivity contribution in [2.75, 3.05) is 0 Å². The summed E-state index contributed by atoms with van der Waals surface area (Å²) in [5, 5.41) is 2.89. The number of benzene rings is 4. The van der Waals surface area contributed by atoms with Crippen LogP contribution >= 0.6 is 0 Å². The van der Waals surface area contributed by atoms with Gasteiger partial charge in [-0.25, -0.2) is 4.98 Å². The topological polar surface area (TPSA) is 70.0 Å². The number of aromatic nitrogens is 4. The second-order valence-electron chi connectivity index (χ2n) is 11.9. The maximum Gasteiger partial charge on any atom is 0.265 e. The summed E-state index contributed by atoms with van der Waals surface area (Å²) >= 11 is 0. The smallest absolute Gasteiger partial charge is 0.265 e. The number of aryl methyl sites for hydroxylation is 1. The van der Waals surface area contributed by atoms with E-state index in [0.29, 0.717) is 28.0 Å². The van der Waals surface area contributed by atoms with Crippen LogP contribution in [0.2, 0.25) is 0 Å². The first-order valence-corrected chi connectivity index (χ1v) is 14.4. The van der Waals surface area contributed by atoms with Gasteiger partial charge in [0.25, 0.3) is 11.1 Å². The van der Waals surface area contributed by atoms with Gasteiger partial charge >= 0.3 is 0 Å². The fourth-order valence-corrected chi connectivity index (χ4v) is 5.66. The molecule has 44 heavy (non-hydrogen) atoms. The van der Waals surface area contributed by atoms with Crippen LogP contribution < -0.4 is 20.4 Å². The Kier molecular flexibility index (Phi) is 6.39. The highest BCUT2D eigenvalue weighted by Gasteiger charge is 2.18. The molecule has 0 amide bonds. The predicted molar refractivity (Wildman–Crippen MR) is 173 cm³/mol. The van der Waals surface area contributed by atoms with Gasteiger partial charge in [-0.15, -0.1) is 0 Å². The zero-order valence-corrected chi connectivity index (χ0v) is 24.9. The van der Waals surface area contributed by atoms with E-state index in [1.165, 1.54) is 14.7 Å². The van der Waals surface area contributed by atoms with E-state index in [0.717, 1.165) is 27.6 Å². The number of rotatable bonds is 4. The molecule has 0 N–H and O–H groups in total. The van der Waals surface area contributed by atoms with E-state index < -0.39 is 0 Å². The maximum absolute atomic E-state index is 13.5. The molecule has 0 aliphatic heterocycles. The van der Waals surface area contributed by atoms with Crippen molar-refractivity contribution in [1.29, 1.82) is 0 Å². The largest absolute Gasteiger partial charge is 0.458 e. The molecule has 0 bridgehead atoms. The molecule has 0 aliphatic rings. The fraction of sp³-hybridized carbons (Fsp3) is 0.135. The molecule has 0 atom stereocenters. The molecule has 0 saturated carbocycles. The molecule has 3 aromatic heterocycles. The molecule has 7 nitrogen and oxygen atoms in total. The van der Waals surface area contributed by atoms with Crippen LogP contribution in [0.3, 0.4) is 0 Å². The summed E-state index contributed by atoms with van der Waals surface area (Å²) in [4.78, 5) is 31.2. The first-order chi connectivity index (χ1) is 21.2. The molecular weight excluding hydrogens is 548 g/mol. The quantitative estimate of drug-likeness (QED) is 0.175. The highest BCUT2D eigenvalue weighted by molar-refractivity contribution is 6.09. The van der Waals surface area contributed by atoms with Crippen LogP contribution in [0.4, 0.5) is 0 Å². The Morgan fingerprint density at radius 1 is 0.727 bits per heavy atom. The molecule has 0 saturated heterocycles. The van der Waals surface area contributed by atoms with Crippen LogP contribution in [-0.4, -0.2) is 14.1 Å². The van der Waals surface area contributed by atoms with Crippen LogP contribution in [-0.2, 0) is 12.5 Å². The van der Waals surface area contributed by atoms with Crippen molar-refractivity contribution >= 4 is 32.6 Å². The van der Waals surface area contributed by atoms with Crippen molar-refractivity contribution in [2.45, 2.75) is 26.2 Å². The van der Waals surface area contributed by atoms with Gasteiger partial charge in [0.1, 0.15) is 17.3 Å². The summed E-state index contributed by atoms with van der Waals surface area (Å²) in [5.41, 5.74) is 3.10. The lowest BCUT2D eigenvalue weighted by atomic mass is 9.88. The van der Waals surface area contributed by atoms with Crippen molar-refractivity contribution in [3.63, 3.8) is 0 Å². The Balaban J connectivity index is 1.34. The minimum absolute atomic E-state index is 0.0243. The van der Waals surface area contributed by atoms with Gasteiger partial charge in [0, 0.05) is 33.8 Å². The molecule has 7 heteroatoms. The average Bonchev–Trinajstić information content (AvgIpc) is 3.31. The Morgan fingerprint density at radius 3 is 2.23 bits per heavy atom. The SMILES string of the molecule is C[n+]1[c-]n(-c2cccc(Oc3ccc4c5ccccc5n(-c5cc(C(C)(C)C)ccn5)c4c3)c2)c(=O)c2ccccc2c1=O. The molecule has 3 heterocycles. The number of hydrogen-bond donors (Lipinski definition) is 0. The van der Waals surface area contributed by atoms with E-state index in [9.17, 15) is 9.59 Å². The predicted octanol–water partition coefficient (Wildman–Crippen LogP) is 6.56. The van der Waals surface area contributed by atoms with E-state index in [1.807, 2.05) is 42.6 Å². The Bertz CT molecular complexity index is 2360. The van der Waals surface area contributed by atoms with Gasteiger partial charge in [0.2, 0.25) is 6.33 Å². The Morgan fingerprint density at radius 2 is 1.43 bits per heavy atom. The Hall–Kier alpha value is -5.56. The second-order valence-corrected chi connectivity index (χ2v) is 11.9. The fourth-order valence-electron chi connectivity index (χ4n) is 5.66. The van der Waals surface area contributed by atoms with E-state index in [1.54, 1.807) is 43.4 Å². The number of para-hydroxylation sites is 1. The van der Waals surface area contributed by atoms with Gasteiger partial charge in [0.15, 0.2) is 0 Å². The maximum atomic E-state index is 13.5. The third kappa shape index (κ3) is 4.63. The summed E-state index contributed by atoms with van der Waals surface area (Å²) in [6, 6.07) is 32.6. The molecular formula is C37H30N4O3. The number of hydrogen-bond acceptors (Lipinski definition) is 4. The van der Waals surface area contributed by atoms with Gasteiger partial charge in [0.05, 0.1) is 23.8 Å². The van der Waals surface area contributed by atoms with Crippen LogP contribution in [0.1, 0.15) is 26.3 Å². The van der Waals surface area contributed by atoms with Crippen molar-refractivity contribution in [2.24, 2.45) is 7.05 Å². The van der Waals surface area contributed by atoms with Gasteiger partial charge in [-0.3, -0.25) is 23.3 Å². The van der Waals surface area contributed by atoms with Crippen LogP contribution in [0, 0.1) is 6.33 Å². The zero-order valence-electron chi connectivity index (χ0n) is 24.9. The number of ether oxygens (including phenoxy) is 1. The molecule has 4 aromatic carbocycles. The summed E-state index contributed by atoms with van der Waals surface area (Å²) in [7, 11) is 1.59. The minimum Gasteiger partial charge on any atom is -0.458 e. The lowest BCUT2D eigenvalue weighted by Crippen LogP contribution is -2.46. The lowest BCUT2D eigenvalue weighted by molar-refractivity contribution is -0.691. The summed E-state index contributed by atoms with van der Waals surface area (Å²) in [6.07, 6.45) is 4.78. The number of nitrogens with zero attached hydrogens (tertiary/aromatic N) is 4. The highest BCUT2D eigenvalue weighted by atomic mass is 16.5. The van der Waals surface area contributed by atoms with Gasteiger partial charge in [-0.2, -0.15) is 0 Å². The summed E-state index contributed by atoms with van der Waals surface area (Å²) in [5.74, 6) is 2.02. The standard InChI is InChI=1S/C37H30N4O3/c1-37(2,3)24-18-19-38-34(20-24)41-32-15-8-7-12-28(32)29-17-16-27(22-33(29)41)44-26-11-9-10-25(21-26)40-23-39(4)35(42)30-13-5-6-14-31(30)36(40)43/h5-22H,1-4H3. The molecule has 7 rings (SSSR count). The van der Waals surface area contributed by atoms with Gasteiger partial charge < -0.3 is 4.74 Å². The van der Waals surface area contributed by atoms with Crippen LogP contribution in [0.5, 0.6) is 11.5 Å². The van der Waals surface area contributed by atoms with E-state index in [4.69, 9.17) is 9.72 Å². The van der Waals surface area contributed by atoms with Gasteiger partial charge in [-0.05, 0) is 53.4 Å². The zero-order chi connectivity index (χ0) is 30.6. The van der Waals surface area contributed by atoms with Crippen molar-refractivity contribution in [3.8, 4) is 23.0 Å². The normalized spacial score (nSPS) is 11.8. The highest BCUT2D eigenvalue weighted by Crippen LogP contribution is 2.36. The minimum atomic E-state index is -0.341. The molecule has 0 spiro atoms. The monoisotopic (exact) mass is 578 g/mol. The summed E-state index contributed by atoms with van der Waals surface area (Å²) in [6.45, 7) is 6.59. The lowest BCUT2D eigenvalue weighted by Gasteiger charge is -2.20. The molecule has 216 valence electrons. The molecule has 7 aromatic rings.